The van der Waals surface area contributed by atoms with Gasteiger partial charge in [0.25, 0.3) is 0 Å². The van der Waals surface area contributed by atoms with Gasteiger partial charge in [-0.05, 0) is 99.5 Å². The number of carbonyl (C=O) groups is 1. The van der Waals surface area contributed by atoms with Crippen LogP contribution < -0.4 is 0 Å². The third-order valence-electron chi connectivity index (χ3n) is 9.18. The maximum atomic E-state index is 11.3. The molecule has 0 bridgehead atoms. The first kappa shape index (κ1) is 26.3. The van der Waals surface area contributed by atoms with Crippen molar-refractivity contribution in [1.29, 1.82) is 0 Å². The normalized spacial score (nSPS) is 15.1. The molecule has 4 aromatic carbocycles. The van der Waals surface area contributed by atoms with E-state index in [1.54, 1.807) is 0 Å². The Morgan fingerprint density at radius 2 is 1.27 bits per heavy atom. The van der Waals surface area contributed by atoms with E-state index in [1.165, 1.54) is 72.8 Å². The molecule has 202 valence electrons. The van der Waals surface area contributed by atoms with Crippen LogP contribution in [0.2, 0.25) is 0 Å². The number of fused-ring (bicyclic) bond motifs is 6. The van der Waals surface area contributed by atoms with E-state index in [0.717, 1.165) is 19.3 Å². The number of rotatable bonds is 7. The minimum atomic E-state index is -0.347. The monoisotopic (exact) mass is 526 g/mol. The molecule has 0 amide bonds. The zero-order valence-electron chi connectivity index (χ0n) is 24.4. The third kappa shape index (κ3) is 4.22. The van der Waals surface area contributed by atoms with Crippen molar-refractivity contribution in [2.24, 2.45) is 0 Å². The van der Waals surface area contributed by atoms with Crippen LogP contribution in [0.3, 0.4) is 0 Å². The molecule has 40 heavy (non-hydrogen) atoms. The number of unbranched alkanes of at least 4 members (excludes halogenated alkanes) is 1. The molecular formula is C38H38O2. The van der Waals surface area contributed by atoms with Gasteiger partial charge in [-0.3, -0.25) is 0 Å². The van der Waals surface area contributed by atoms with Gasteiger partial charge in [-0.2, -0.15) is 0 Å². The summed E-state index contributed by atoms with van der Waals surface area (Å²) in [5.74, 6) is -0.347. The molecular weight excluding hydrogens is 488 g/mol. The molecule has 0 spiro atoms. The van der Waals surface area contributed by atoms with Crippen molar-refractivity contribution in [2.45, 2.75) is 64.7 Å². The Hall–Kier alpha value is -3.91. The fourth-order valence-electron chi connectivity index (χ4n) is 6.83. The molecule has 0 fully saturated rings. The lowest BCUT2D eigenvalue weighted by Gasteiger charge is -2.23. The summed E-state index contributed by atoms with van der Waals surface area (Å²) in [7, 11) is 0. The molecule has 2 aliphatic carbocycles. The topological polar surface area (TPSA) is 26.3 Å². The van der Waals surface area contributed by atoms with E-state index in [1.807, 2.05) is 0 Å². The molecule has 0 aromatic heterocycles. The lowest BCUT2D eigenvalue weighted by atomic mass is 9.80. The molecule has 0 N–H and O–H groups in total. The quantitative estimate of drug-likeness (QED) is 0.136. The zero-order valence-corrected chi connectivity index (χ0v) is 24.4. The van der Waals surface area contributed by atoms with Crippen LogP contribution in [0.5, 0.6) is 0 Å². The highest BCUT2D eigenvalue weighted by molar-refractivity contribution is 5.87. The largest absolute Gasteiger partial charge is 0.463 e. The Morgan fingerprint density at radius 1 is 0.700 bits per heavy atom. The van der Waals surface area contributed by atoms with Crippen molar-refractivity contribution < 1.29 is 9.53 Å². The molecule has 2 aliphatic rings. The van der Waals surface area contributed by atoms with Crippen molar-refractivity contribution in [3.63, 3.8) is 0 Å². The fraction of sp³-hybridized carbons (Fsp3) is 0.289. The summed E-state index contributed by atoms with van der Waals surface area (Å²) in [4.78, 5) is 11.3. The third-order valence-corrected chi connectivity index (χ3v) is 9.18. The lowest BCUT2D eigenvalue weighted by Crippen LogP contribution is -2.15. The van der Waals surface area contributed by atoms with E-state index in [-0.39, 0.29) is 16.8 Å². The van der Waals surface area contributed by atoms with Crippen molar-refractivity contribution >= 4 is 5.97 Å². The molecule has 0 saturated carbocycles. The van der Waals surface area contributed by atoms with Gasteiger partial charge in [-0.25, -0.2) is 4.79 Å². The first-order valence-electron chi connectivity index (χ1n) is 14.4. The summed E-state index contributed by atoms with van der Waals surface area (Å²) in [5, 5.41) is 0. The van der Waals surface area contributed by atoms with Crippen LogP contribution in [0, 0.1) is 6.92 Å². The summed E-state index contributed by atoms with van der Waals surface area (Å²) >= 11 is 0. The second kappa shape index (κ2) is 9.63. The van der Waals surface area contributed by atoms with Gasteiger partial charge in [0.1, 0.15) is 0 Å². The predicted octanol–water partition coefficient (Wildman–Crippen LogP) is 9.33. The van der Waals surface area contributed by atoms with Gasteiger partial charge < -0.3 is 4.74 Å². The summed E-state index contributed by atoms with van der Waals surface area (Å²) in [6.45, 7) is 15.5. The summed E-state index contributed by atoms with van der Waals surface area (Å²) < 4.78 is 5.13. The summed E-state index contributed by atoms with van der Waals surface area (Å²) in [6.07, 6.45) is 4.03. The highest BCUT2D eigenvalue weighted by Crippen LogP contribution is 2.52. The number of benzene rings is 4. The standard InChI is InChI=1S/C38H38O2/c1-7-36(39)40-19-9-8-10-25-12-15-28-29-16-13-26(22-34(29)38(5,6)33(28)21-25)27-14-17-30-31-20-24(2)11-18-32(31)37(3,4)35(30)23-27/h7,11-18,20-23H,1,8-10,19H2,2-6H3. The van der Waals surface area contributed by atoms with Gasteiger partial charge in [0.05, 0.1) is 6.61 Å². The van der Waals surface area contributed by atoms with E-state index in [0.29, 0.717) is 6.61 Å². The van der Waals surface area contributed by atoms with Gasteiger partial charge >= 0.3 is 5.97 Å². The van der Waals surface area contributed by atoms with Crippen LogP contribution >= 0.6 is 0 Å². The molecule has 0 saturated heterocycles. The van der Waals surface area contributed by atoms with Gasteiger partial charge in [-0.1, -0.05) is 101 Å². The molecule has 2 heteroatoms. The first-order valence-corrected chi connectivity index (χ1v) is 14.4. The zero-order chi connectivity index (χ0) is 28.2. The molecule has 0 aliphatic heterocycles. The Balaban J connectivity index is 1.27. The smallest absolute Gasteiger partial charge is 0.330 e. The number of esters is 1. The molecule has 0 heterocycles. The van der Waals surface area contributed by atoms with E-state index >= 15 is 0 Å². The van der Waals surface area contributed by atoms with Gasteiger partial charge in [-0.15, -0.1) is 0 Å². The second-order valence-corrected chi connectivity index (χ2v) is 12.5. The van der Waals surface area contributed by atoms with E-state index < -0.39 is 0 Å². The van der Waals surface area contributed by atoms with Crippen LogP contribution in [-0.2, 0) is 26.8 Å². The van der Waals surface area contributed by atoms with E-state index in [2.05, 4.69) is 114 Å². The van der Waals surface area contributed by atoms with E-state index in [9.17, 15) is 4.79 Å². The Bertz CT molecular complexity index is 1670. The highest BCUT2D eigenvalue weighted by atomic mass is 16.5. The Kier molecular flexibility index (Phi) is 6.33. The molecule has 0 atom stereocenters. The maximum Gasteiger partial charge on any atom is 0.330 e. The molecule has 2 nitrogen and oxygen atoms in total. The first-order chi connectivity index (χ1) is 19.1. The predicted molar refractivity (Wildman–Crippen MR) is 166 cm³/mol. The Labute approximate surface area is 238 Å². The van der Waals surface area contributed by atoms with Crippen LogP contribution in [0.1, 0.15) is 73.9 Å². The minimum absolute atomic E-state index is 0.00960. The lowest BCUT2D eigenvalue weighted by molar-refractivity contribution is -0.137. The van der Waals surface area contributed by atoms with Gasteiger partial charge in [0.2, 0.25) is 0 Å². The SMILES string of the molecule is C=CC(=O)OCCCCc1ccc2c(c1)C(C)(C)c1cc(-c3ccc4c(c3)C(C)(C)c3ccc(C)cc3-4)ccc1-2. The second-order valence-electron chi connectivity index (χ2n) is 12.5. The van der Waals surface area contributed by atoms with Crippen molar-refractivity contribution in [3.05, 3.63) is 119 Å². The van der Waals surface area contributed by atoms with Crippen LogP contribution in [0.25, 0.3) is 33.4 Å². The van der Waals surface area contributed by atoms with E-state index in [4.69, 9.17) is 4.74 Å². The molecule has 4 aromatic rings. The highest BCUT2D eigenvalue weighted by Gasteiger charge is 2.37. The maximum absolute atomic E-state index is 11.3. The van der Waals surface area contributed by atoms with Crippen LogP contribution in [0.15, 0.2) is 85.5 Å². The average molecular weight is 527 g/mol. The van der Waals surface area contributed by atoms with Gasteiger partial charge in [0.15, 0.2) is 0 Å². The summed E-state index contributed by atoms with van der Waals surface area (Å²) in [6, 6.07) is 27.9. The number of hydrogen-bond donors (Lipinski definition) is 0. The number of aryl methyl sites for hydroxylation is 2. The molecule has 6 rings (SSSR count). The van der Waals surface area contributed by atoms with Crippen LogP contribution in [-0.4, -0.2) is 12.6 Å². The number of hydrogen-bond acceptors (Lipinski definition) is 2. The molecule has 0 unspecified atom stereocenters. The summed E-state index contributed by atoms with van der Waals surface area (Å²) in [5.41, 5.74) is 16.2. The Morgan fingerprint density at radius 3 is 1.93 bits per heavy atom. The average Bonchev–Trinajstić information content (AvgIpc) is 3.31. The number of ether oxygens (including phenoxy) is 1. The molecule has 0 radical (unpaired) electrons. The van der Waals surface area contributed by atoms with Crippen LogP contribution in [0.4, 0.5) is 0 Å². The van der Waals surface area contributed by atoms with Gasteiger partial charge in [0, 0.05) is 16.9 Å². The number of carbonyl (C=O) groups excluding carboxylic acids is 1. The fourth-order valence-corrected chi connectivity index (χ4v) is 6.83. The van der Waals surface area contributed by atoms with Crippen molar-refractivity contribution in [1.82, 2.24) is 0 Å². The van der Waals surface area contributed by atoms with Crippen molar-refractivity contribution in [2.75, 3.05) is 6.61 Å². The van der Waals surface area contributed by atoms with Crippen molar-refractivity contribution in [3.8, 4) is 33.4 Å². The minimum Gasteiger partial charge on any atom is -0.463 e.